The second-order valence-corrected chi connectivity index (χ2v) is 6.89. The predicted octanol–water partition coefficient (Wildman–Crippen LogP) is 2.46. The number of hydrogen-bond acceptors (Lipinski definition) is 5. The van der Waals surface area contributed by atoms with Gasteiger partial charge in [0.25, 0.3) is 0 Å². The molecule has 2 aromatic rings. The van der Waals surface area contributed by atoms with Crippen LogP contribution in [0, 0.1) is 6.92 Å². The Morgan fingerprint density at radius 3 is 2.96 bits per heavy atom. The van der Waals surface area contributed by atoms with Gasteiger partial charge in [-0.2, -0.15) is 0 Å². The van der Waals surface area contributed by atoms with Gasteiger partial charge in [-0.3, -0.25) is 14.8 Å². The lowest BCUT2D eigenvalue weighted by molar-refractivity contribution is 0.0439. The van der Waals surface area contributed by atoms with Gasteiger partial charge in [0.15, 0.2) is 0 Å². The number of nitrogens with zero attached hydrogens (tertiary/aromatic N) is 3. The highest BCUT2D eigenvalue weighted by molar-refractivity contribution is 5.06. The van der Waals surface area contributed by atoms with Crippen LogP contribution < -0.4 is 0 Å². The van der Waals surface area contributed by atoms with Crippen molar-refractivity contribution in [2.45, 2.75) is 38.6 Å². The zero-order valence-electron chi connectivity index (χ0n) is 14.2. The van der Waals surface area contributed by atoms with E-state index in [9.17, 15) is 0 Å². The van der Waals surface area contributed by atoms with Crippen LogP contribution in [0.5, 0.6) is 0 Å². The van der Waals surface area contributed by atoms with Gasteiger partial charge in [0, 0.05) is 38.4 Å². The number of furan rings is 1. The van der Waals surface area contributed by atoms with E-state index in [1.807, 2.05) is 37.4 Å². The highest BCUT2D eigenvalue weighted by Crippen LogP contribution is 2.25. The quantitative estimate of drug-likeness (QED) is 0.844. The Balaban J connectivity index is 1.27. The first-order valence-electron chi connectivity index (χ1n) is 8.79. The van der Waals surface area contributed by atoms with Crippen LogP contribution in [0.4, 0.5) is 0 Å². The van der Waals surface area contributed by atoms with E-state index in [2.05, 4.69) is 20.9 Å². The minimum absolute atomic E-state index is 0.322. The summed E-state index contributed by atoms with van der Waals surface area (Å²) >= 11 is 0. The highest BCUT2D eigenvalue weighted by atomic mass is 16.5. The van der Waals surface area contributed by atoms with Crippen molar-refractivity contribution in [1.82, 2.24) is 14.8 Å². The lowest BCUT2D eigenvalue weighted by atomic mass is 10.1. The Hall–Kier alpha value is -1.69. The van der Waals surface area contributed by atoms with Crippen LogP contribution in [0.1, 0.15) is 23.6 Å². The molecule has 2 aliphatic rings. The molecule has 0 saturated carbocycles. The molecule has 4 rings (SSSR count). The number of aryl methyl sites for hydroxylation is 1. The third kappa shape index (κ3) is 3.69. The Morgan fingerprint density at radius 2 is 2.17 bits per heavy atom. The first kappa shape index (κ1) is 15.8. The van der Waals surface area contributed by atoms with Crippen LogP contribution in [-0.4, -0.2) is 53.1 Å². The molecule has 0 N–H and O–H groups in total. The molecule has 2 saturated heterocycles. The fourth-order valence-corrected chi connectivity index (χ4v) is 3.80. The molecule has 0 spiro atoms. The molecule has 4 heterocycles. The van der Waals surface area contributed by atoms with Crippen molar-refractivity contribution >= 4 is 0 Å². The van der Waals surface area contributed by atoms with Crippen LogP contribution in [-0.2, 0) is 17.9 Å². The van der Waals surface area contributed by atoms with Gasteiger partial charge in [-0.1, -0.05) is 6.07 Å². The molecule has 2 fully saturated rings. The smallest absolute Gasteiger partial charge is 0.118 e. The summed E-state index contributed by atoms with van der Waals surface area (Å²) in [5, 5.41) is 0. The largest absolute Gasteiger partial charge is 0.465 e. The zero-order chi connectivity index (χ0) is 16.4. The third-order valence-corrected chi connectivity index (χ3v) is 5.03. The van der Waals surface area contributed by atoms with Gasteiger partial charge in [0.1, 0.15) is 11.5 Å². The Morgan fingerprint density at radius 1 is 1.21 bits per heavy atom. The van der Waals surface area contributed by atoms with Gasteiger partial charge in [0.2, 0.25) is 0 Å². The maximum atomic E-state index is 6.10. The molecule has 2 aromatic heterocycles. The molecule has 0 bridgehead atoms. The van der Waals surface area contributed by atoms with E-state index in [-0.39, 0.29) is 0 Å². The first-order chi connectivity index (χ1) is 11.8. The summed E-state index contributed by atoms with van der Waals surface area (Å²) in [7, 11) is 0. The van der Waals surface area contributed by atoms with Gasteiger partial charge in [-0.15, -0.1) is 0 Å². The van der Waals surface area contributed by atoms with E-state index in [1.54, 1.807) is 0 Å². The number of aromatic nitrogens is 1. The normalized spacial score (nSPS) is 25.0. The maximum absolute atomic E-state index is 6.10. The molecule has 0 aliphatic carbocycles. The van der Waals surface area contributed by atoms with Crippen LogP contribution in [0.25, 0.3) is 0 Å². The minimum Gasteiger partial charge on any atom is -0.465 e. The van der Waals surface area contributed by atoms with E-state index in [1.165, 1.54) is 0 Å². The standard InChI is InChI=1S/C19H25N3O2/c1-15-5-6-18(24-15)12-21-8-9-22-13-19(10-17(22)11-21)23-14-16-4-2-3-7-20-16/h2-7,17,19H,8-14H2,1H3/t17-,19-/m1/s1. The molecule has 128 valence electrons. The van der Waals surface area contributed by atoms with E-state index in [0.717, 1.165) is 56.4 Å². The van der Waals surface area contributed by atoms with Gasteiger partial charge in [-0.25, -0.2) is 0 Å². The van der Waals surface area contributed by atoms with Crippen LogP contribution in [0.15, 0.2) is 40.9 Å². The van der Waals surface area contributed by atoms with Crippen LogP contribution >= 0.6 is 0 Å². The molecular weight excluding hydrogens is 302 g/mol. The Kier molecular flexibility index (Phi) is 4.65. The molecule has 2 atom stereocenters. The topological polar surface area (TPSA) is 41.7 Å². The highest BCUT2D eigenvalue weighted by Gasteiger charge is 2.36. The average Bonchev–Trinajstić information content (AvgIpc) is 3.19. The van der Waals surface area contributed by atoms with Crippen LogP contribution in [0.3, 0.4) is 0 Å². The monoisotopic (exact) mass is 327 g/mol. The Labute approximate surface area is 143 Å². The summed E-state index contributed by atoms with van der Waals surface area (Å²) in [6.45, 7) is 7.90. The molecule has 0 unspecified atom stereocenters. The van der Waals surface area contributed by atoms with Crippen molar-refractivity contribution in [1.29, 1.82) is 0 Å². The fourth-order valence-electron chi connectivity index (χ4n) is 3.80. The predicted molar refractivity (Wildman–Crippen MR) is 91.5 cm³/mol. The molecule has 0 amide bonds. The van der Waals surface area contributed by atoms with Crippen molar-refractivity contribution < 1.29 is 9.15 Å². The van der Waals surface area contributed by atoms with Crippen molar-refractivity contribution in [3.8, 4) is 0 Å². The van der Waals surface area contributed by atoms with Gasteiger partial charge in [0.05, 0.1) is 24.9 Å². The summed E-state index contributed by atoms with van der Waals surface area (Å²) in [5.41, 5.74) is 1.01. The van der Waals surface area contributed by atoms with Crippen molar-refractivity contribution in [3.05, 3.63) is 53.7 Å². The second-order valence-electron chi connectivity index (χ2n) is 6.89. The number of pyridine rings is 1. The van der Waals surface area contributed by atoms with E-state index in [4.69, 9.17) is 9.15 Å². The molecule has 5 heteroatoms. The van der Waals surface area contributed by atoms with Crippen LogP contribution in [0.2, 0.25) is 0 Å². The fraction of sp³-hybridized carbons (Fsp3) is 0.526. The molecular formula is C19H25N3O2. The summed E-state index contributed by atoms with van der Waals surface area (Å²) in [5.74, 6) is 2.06. The number of piperazine rings is 1. The van der Waals surface area contributed by atoms with Gasteiger partial charge in [-0.05, 0) is 37.6 Å². The molecule has 24 heavy (non-hydrogen) atoms. The van der Waals surface area contributed by atoms with Gasteiger partial charge < -0.3 is 9.15 Å². The van der Waals surface area contributed by atoms with Crippen molar-refractivity contribution in [2.75, 3.05) is 26.2 Å². The molecule has 0 radical (unpaired) electrons. The number of rotatable bonds is 5. The molecule has 5 nitrogen and oxygen atoms in total. The number of hydrogen-bond donors (Lipinski definition) is 0. The van der Waals surface area contributed by atoms with E-state index >= 15 is 0 Å². The minimum atomic E-state index is 0.322. The van der Waals surface area contributed by atoms with Gasteiger partial charge >= 0.3 is 0 Å². The zero-order valence-corrected chi connectivity index (χ0v) is 14.2. The molecule has 2 aliphatic heterocycles. The average molecular weight is 327 g/mol. The number of fused-ring (bicyclic) bond motifs is 1. The van der Waals surface area contributed by atoms with Crippen molar-refractivity contribution in [2.24, 2.45) is 0 Å². The first-order valence-corrected chi connectivity index (χ1v) is 8.79. The third-order valence-electron chi connectivity index (χ3n) is 5.03. The SMILES string of the molecule is Cc1ccc(CN2CCN3C[C@H](OCc4ccccn4)C[C@@H]3C2)o1. The Bertz CT molecular complexity index is 658. The van der Waals surface area contributed by atoms with E-state index < -0.39 is 0 Å². The molecule has 0 aromatic carbocycles. The summed E-state index contributed by atoms with van der Waals surface area (Å²) in [4.78, 5) is 9.41. The van der Waals surface area contributed by atoms with Crippen molar-refractivity contribution in [3.63, 3.8) is 0 Å². The summed E-state index contributed by atoms with van der Waals surface area (Å²) < 4.78 is 11.8. The van der Waals surface area contributed by atoms with E-state index in [0.29, 0.717) is 18.8 Å². The summed E-state index contributed by atoms with van der Waals surface area (Å²) in [6, 6.07) is 10.7. The maximum Gasteiger partial charge on any atom is 0.118 e. The second kappa shape index (κ2) is 7.05. The lowest BCUT2D eigenvalue weighted by Crippen LogP contribution is -2.49. The number of ether oxygens (including phenoxy) is 1. The lowest BCUT2D eigenvalue weighted by Gasteiger charge is -2.36. The summed E-state index contributed by atoms with van der Waals surface area (Å²) in [6.07, 6.45) is 3.26.